The number of aldehydes is 1. The van der Waals surface area contributed by atoms with E-state index in [4.69, 9.17) is 11.6 Å². The summed E-state index contributed by atoms with van der Waals surface area (Å²) in [5.74, 6) is 0. The molecule has 0 fully saturated rings. The lowest BCUT2D eigenvalue weighted by Crippen LogP contribution is -2.18. The standard InChI is InChI=1S/C16H16ClNO/c1-3-18(15-7-5-4-6-12(15)2)16-10-14(17)9-8-13(16)11-19/h4-11H,3H2,1-2H3. The Morgan fingerprint density at radius 2 is 1.89 bits per heavy atom. The molecule has 0 radical (unpaired) electrons. The Labute approximate surface area is 118 Å². The van der Waals surface area contributed by atoms with Crippen molar-refractivity contribution in [3.63, 3.8) is 0 Å². The summed E-state index contributed by atoms with van der Waals surface area (Å²) in [6.45, 7) is 4.89. The third-order valence-corrected chi connectivity index (χ3v) is 3.37. The second-order valence-corrected chi connectivity index (χ2v) is 4.79. The van der Waals surface area contributed by atoms with Gasteiger partial charge in [-0.3, -0.25) is 4.79 Å². The first kappa shape index (κ1) is 13.6. The van der Waals surface area contributed by atoms with E-state index in [0.29, 0.717) is 10.6 Å². The van der Waals surface area contributed by atoms with Gasteiger partial charge in [0, 0.05) is 22.8 Å². The summed E-state index contributed by atoms with van der Waals surface area (Å²) >= 11 is 6.06. The van der Waals surface area contributed by atoms with Crippen LogP contribution in [0.3, 0.4) is 0 Å². The molecule has 2 aromatic carbocycles. The summed E-state index contributed by atoms with van der Waals surface area (Å²) in [6.07, 6.45) is 0.868. The topological polar surface area (TPSA) is 20.3 Å². The van der Waals surface area contributed by atoms with Crippen LogP contribution in [-0.2, 0) is 0 Å². The Morgan fingerprint density at radius 3 is 2.53 bits per heavy atom. The van der Waals surface area contributed by atoms with Crippen LogP contribution in [0.15, 0.2) is 42.5 Å². The van der Waals surface area contributed by atoms with Crippen LogP contribution in [0, 0.1) is 6.92 Å². The van der Waals surface area contributed by atoms with Gasteiger partial charge in [-0.15, -0.1) is 0 Å². The fourth-order valence-corrected chi connectivity index (χ4v) is 2.35. The molecule has 2 rings (SSSR count). The molecule has 2 aromatic rings. The van der Waals surface area contributed by atoms with E-state index in [2.05, 4.69) is 24.8 Å². The summed E-state index contributed by atoms with van der Waals surface area (Å²) < 4.78 is 0. The molecule has 3 heteroatoms. The number of para-hydroxylation sites is 1. The Bertz CT molecular complexity index is 595. The van der Waals surface area contributed by atoms with Crippen molar-refractivity contribution >= 4 is 29.3 Å². The number of halogens is 1. The van der Waals surface area contributed by atoms with E-state index in [1.54, 1.807) is 12.1 Å². The minimum atomic E-state index is 0.632. The Morgan fingerprint density at radius 1 is 1.16 bits per heavy atom. The summed E-state index contributed by atoms with van der Waals surface area (Å²) in [6, 6.07) is 13.4. The molecule has 0 N–H and O–H groups in total. The van der Waals surface area contributed by atoms with Gasteiger partial charge in [0.25, 0.3) is 0 Å². The van der Waals surface area contributed by atoms with Crippen LogP contribution in [-0.4, -0.2) is 12.8 Å². The van der Waals surface area contributed by atoms with Gasteiger partial charge in [0.2, 0.25) is 0 Å². The number of aryl methyl sites for hydroxylation is 1. The maximum atomic E-state index is 11.2. The largest absolute Gasteiger partial charge is 0.341 e. The first-order valence-electron chi connectivity index (χ1n) is 6.25. The molecule has 0 saturated carbocycles. The molecule has 0 spiro atoms. The summed E-state index contributed by atoms with van der Waals surface area (Å²) in [4.78, 5) is 13.3. The van der Waals surface area contributed by atoms with Gasteiger partial charge in [0.05, 0.1) is 5.69 Å². The van der Waals surface area contributed by atoms with E-state index in [1.807, 2.05) is 24.3 Å². The molecule has 0 heterocycles. The Balaban J connectivity index is 2.57. The first-order chi connectivity index (χ1) is 9.17. The van der Waals surface area contributed by atoms with Gasteiger partial charge in [-0.2, -0.15) is 0 Å². The molecular weight excluding hydrogens is 258 g/mol. The quantitative estimate of drug-likeness (QED) is 0.758. The first-order valence-corrected chi connectivity index (χ1v) is 6.63. The van der Waals surface area contributed by atoms with Crippen LogP contribution in [0.25, 0.3) is 0 Å². The van der Waals surface area contributed by atoms with Crippen LogP contribution in [0.5, 0.6) is 0 Å². The van der Waals surface area contributed by atoms with Crippen molar-refractivity contribution in [2.75, 3.05) is 11.4 Å². The maximum Gasteiger partial charge on any atom is 0.152 e. The van der Waals surface area contributed by atoms with Gasteiger partial charge in [-0.1, -0.05) is 29.8 Å². The molecule has 2 nitrogen and oxygen atoms in total. The van der Waals surface area contributed by atoms with Gasteiger partial charge < -0.3 is 4.90 Å². The monoisotopic (exact) mass is 273 g/mol. The van der Waals surface area contributed by atoms with E-state index in [-0.39, 0.29) is 0 Å². The van der Waals surface area contributed by atoms with Crippen molar-refractivity contribution in [2.24, 2.45) is 0 Å². The Kier molecular flexibility index (Phi) is 4.23. The van der Waals surface area contributed by atoms with E-state index in [9.17, 15) is 4.79 Å². The second-order valence-electron chi connectivity index (χ2n) is 4.35. The van der Waals surface area contributed by atoms with Gasteiger partial charge in [0.1, 0.15) is 0 Å². The van der Waals surface area contributed by atoms with Crippen molar-refractivity contribution in [1.29, 1.82) is 0 Å². The minimum Gasteiger partial charge on any atom is -0.341 e. The number of hydrogen-bond donors (Lipinski definition) is 0. The molecule has 0 saturated heterocycles. The Hall–Kier alpha value is -1.80. The normalized spacial score (nSPS) is 10.3. The van der Waals surface area contributed by atoms with Crippen molar-refractivity contribution in [2.45, 2.75) is 13.8 Å². The van der Waals surface area contributed by atoms with Crippen molar-refractivity contribution < 1.29 is 4.79 Å². The van der Waals surface area contributed by atoms with Gasteiger partial charge >= 0.3 is 0 Å². The fraction of sp³-hybridized carbons (Fsp3) is 0.188. The molecule has 0 aromatic heterocycles. The fourth-order valence-electron chi connectivity index (χ4n) is 2.19. The number of rotatable bonds is 4. The zero-order valence-corrected chi connectivity index (χ0v) is 11.8. The second kappa shape index (κ2) is 5.89. The van der Waals surface area contributed by atoms with E-state index < -0.39 is 0 Å². The van der Waals surface area contributed by atoms with Crippen molar-refractivity contribution in [3.05, 3.63) is 58.6 Å². The summed E-state index contributed by atoms with van der Waals surface area (Å²) in [7, 11) is 0. The van der Waals surface area contributed by atoms with E-state index in [1.165, 1.54) is 5.56 Å². The van der Waals surface area contributed by atoms with Crippen LogP contribution in [0.2, 0.25) is 5.02 Å². The van der Waals surface area contributed by atoms with Gasteiger partial charge in [0.15, 0.2) is 6.29 Å². The lowest BCUT2D eigenvalue weighted by Gasteiger charge is -2.26. The summed E-state index contributed by atoms with van der Waals surface area (Å²) in [5, 5.41) is 0.632. The highest BCUT2D eigenvalue weighted by Gasteiger charge is 2.13. The molecule has 0 aliphatic heterocycles. The third kappa shape index (κ3) is 2.79. The van der Waals surface area contributed by atoms with Crippen LogP contribution < -0.4 is 4.90 Å². The maximum absolute atomic E-state index is 11.2. The predicted molar refractivity (Wildman–Crippen MR) is 80.7 cm³/mol. The van der Waals surface area contributed by atoms with Gasteiger partial charge in [-0.05, 0) is 43.7 Å². The SMILES string of the molecule is CCN(c1ccccc1C)c1cc(Cl)ccc1C=O. The minimum absolute atomic E-state index is 0.632. The van der Waals surface area contributed by atoms with Crippen LogP contribution in [0.1, 0.15) is 22.8 Å². The number of anilines is 2. The average molecular weight is 274 g/mol. The molecular formula is C16H16ClNO. The summed E-state index contributed by atoms with van der Waals surface area (Å²) in [5.41, 5.74) is 3.75. The number of carbonyl (C=O) groups is 1. The van der Waals surface area contributed by atoms with Crippen LogP contribution in [0.4, 0.5) is 11.4 Å². The number of carbonyl (C=O) groups excluding carboxylic acids is 1. The lowest BCUT2D eigenvalue weighted by atomic mass is 10.1. The van der Waals surface area contributed by atoms with Crippen molar-refractivity contribution in [1.82, 2.24) is 0 Å². The zero-order chi connectivity index (χ0) is 13.8. The molecule has 0 aliphatic carbocycles. The van der Waals surface area contributed by atoms with E-state index in [0.717, 1.165) is 24.2 Å². The van der Waals surface area contributed by atoms with E-state index >= 15 is 0 Å². The predicted octanol–water partition coefficient (Wildman–Crippen LogP) is 4.62. The zero-order valence-electron chi connectivity index (χ0n) is 11.1. The molecule has 0 bridgehead atoms. The molecule has 0 aliphatic rings. The lowest BCUT2D eigenvalue weighted by molar-refractivity contribution is 0.112. The highest BCUT2D eigenvalue weighted by atomic mass is 35.5. The molecule has 0 unspecified atom stereocenters. The highest BCUT2D eigenvalue weighted by molar-refractivity contribution is 6.31. The molecule has 0 atom stereocenters. The number of nitrogens with zero attached hydrogens (tertiary/aromatic N) is 1. The van der Waals surface area contributed by atoms with Gasteiger partial charge in [-0.25, -0.2) is 0 Å². The molecule has 0 amide bonds. The molecule has 98 valence electrons. The number of benzene rings is 2. The smallest absolute Gasteiger partial charge is 0.152 e. The highest BCUT2D eigenvalue weighted by Crippen LogP contribution is 2.31. The average Bonchev–Trinajstić information content (AvgIpc) is 2.42. The van der Waals surface area contributed by atoms with Crippen LogP contribution >= 0.6 is 11.6 Å². The molecule has 19 heavy (non-hydrogen) atoms. The number of hydrogen-bond acceptors (Lipinski definition) is 2. The third-order valence-electron chi connectivity index (χ3n) is 3.13. The van der Waals surface area contributed by atoms with Crippen molar-refractivity contribution in [3.8, 4) is 0 Å².